The molecular formula is H3LiNaO3V. The molecular weight excluding hydrogens is 129 g/mol. The summed E-state index contributed by atoms with van der Waals surface area (Å²) in [6.45, 7) is 0. The van der Waals surface area contributed by atoms with Gasteiger partial charge < -0.3 is 0 Å². The molecule has 0 amide bonds. The summed E-state index contributed by atoms with van der Waals surface area (Å²) in [7, 11) is 0. The van der Waals surface area contributed by atoms with Gasteiger partial charge in [0, 0.05) is 0 Å². The first kappa shape index (κ1) is 15.6. The summed E-state index contributed by atoms with van der Waals surface area (Å²) in [6, 6.07) is 0. The van der Waals surface area contributed by atoms with Crippen molar-refractivity contribution in [2.45, 2.75) is 0 Å². The number of hydrogen-bond acceptors (Lipinski definition) is 2. The second kappa shape index (κ2) is 9.89. The fourth-order valence-corrected chi connectivity index (χ4v) is 0. The molecule has 1 N–H and O–H groups in total. The summed E-state index contributed by atoms with van der Waals surface area (Å²) in [5.41, 5.74) is 0. The molecule has 0 fully saturated rings. The molecule has 0 unspecified atom stereocenters. The second-order valence-corrected chi connectivity index (χ2v) is 0.981. The fourth-order valence-electron chi connectivity index (χ4n) is 0. The van der Waals surface area contributed by atoms with Crippen molar-refractivity contribution in [3.8, 4) is 0 Å². The van der Waals surface area contributed by atoms with E-state index in [-0.39, 0.29) is 48.4 Å². The third kappa shape index (κ3) is 42.6. The maximum atomic E-state index is 8.67. The van der Waals surface area contributed by atoms with Crippen LogP contribution in [0.3, 0.4) is 0 Å². The molecule has 0 heterocycles. The third-order valence-electron chi connectivity index (χ3n) is 0. The third-order valence-corrected chi connectivity index (χ3v) is 0. The molecule has 6 heavy (non-hydrogen) atoms. The average Bonchev–Trinajstić information content (AvgIpc) is 0.811. The minimum atomic E-state index is -3.69. The van der Waals surface area contributed by atoms with Crippen LogP contribution in [0.2, 0.25) is 0 Å². The van der Waals surface area contributed by atoms with Gasteiger partial charge in [0.25, 0.3) is 0 Å². The molecule has 0 aromatic rings. The van der Waals surface area contributed by atoms with Crippen LogP contribution >= 0.6 is 0 Å². The predicted octanol–water partition coefficient (Wildman–Crippen LogP) is -2.09. The van der Waals surface area contributed by atoms with E-state index in [1.54, 1.807) is 0 Å². The van der Waals surface area contributed by atoms with Gasteiger partial charge >= 0.3 is 75.2 Å². The van der Waals surface area contributed by atoms with E-state index >= 15 is 0 Å². The Morgan fingerprint density at radius 1 is 1.33 bits per heavy atom. The Kier molecular flexibility index (Phi) is 25.8. The van der Waals surface area contributed by atoms with E-state index < -0.39 is 15.4 Å². The van der Waals surface area contributed by atoms with Gasteiger partial charge in [0.1, 0.15) is 0 Å². The Balaban J connectivity index is -0.0000000450. The Morgan fingerprint density at radius 2 is 1.33 bits per heavy atom. The van der Waals surface area contributed by atoms with Crippen LogP contribution in [0.4, 0.5) is 0 Å². The van der Waals surface area contributed by atoms with E-state index in [1.807, 2.05) is 0 Å². The topological polar surface area (TPSA) is 54.4 Å². The second-order valence-electron chi connectivity index (χ2n) is 0.238. The van der Waals surface area contributed by atoms with Crippen molar-refractivity contribution >= 4 is 48.4 Å². The van der Waals surface area contributed by atoms with Crippen LogP contribution in [-0.4, -0.2) is 52.4 Å². The van der Waals surface area contributed by atoms with Gasteiger partial charge in [-0.1, -0.05) is 0 Å². The first-order valence-electron chi connectivity index (χ1n) is 0.565. The molecule has 0 saturated carbocycles. The van der Waals surface area contributed by atoms with Gasteiger partial charge in [-0.05, 0) is 0 Å². The van der Waals surface area contributed by atoms with Crippen LogP contribution in [0.25, 0.3) is 0 Å². The minimum absolute atomic E-state index is 0. The average molecular weight is 132 g/mol. The van der Waals surface area contributed by atoms with Crippen LogP contribution in [0.15, 0.2) is 0 Å². The number of rotatable bonds is 0. The molecule has 0 aromatic carbocycles. The fraction of sp³-hybridized carbons (Fsp3) is 0. The van der Waals surface area contributed by atoms with E-state index in [1.165, 1.54) is 0 Å². The molecule has 3 nitrogen and oxygen atoms in total. The van der Waals surface area contributed by atoms with E-state index in [4.69, 9.17) is 11.4 Å². The van der Waals surface area contributed by atoms with Gasteiger partial charge in [0.2, 0.25) is 0 Å². The molecule has 0 atom stereocenters. The van der Waals surface area contributed by atoms with E-state index in [0.717, 1.165) is 0 Å². The molecule has 0 bridgehead atoms. The number of hydrogen-bond donors (Lipinski definition) is 1. The summed E-state index contributed by atoms with van der Waals surface area (Å²) in [5.74, 6) is 0. The predicted molar refractivity (Wildman–Crippen MR) is 17.9 cm³/mol. The Bertz CT molecular complexity index is 59.2. The normalized spacial score (nSPS) is 4.17. The summed E-state index contributed by atoms with van der Waals surface area (Å²) in [5, 5.41) is 0. The van der Waals surface area contributed by atoms with E-state index in [0.29, 0.717) is 0 Å². The van der Waals surface area contributed by atoms with Crippen molar-refractivity contribution in [3.63, 3.8) is 0 Å². The zero-order valence-electron chi connectivity index (χ0n) is 1.71. The van der Waals surface area contributed by atoms with Gasteiger partial charge in [-0.2, -0.15) is 0 Å². The molecule has 0 aliphatic heterocycles. The SMILES string of the molecule is [LiH].[NaH].[O]=[V](=[O])[OH]. The van der Waals surface area contributed by atoms with E-state index in [9.17, 15) is 0 Å². The summed E-state index contributed by atoms with van der Waals surface area (Å²) < 4.78 is 24.4. The standard InChI is InChI=1S/Li.Na.H2O.2O.V.2H/h;;1H2;;;;;/q;;;;;+1;;/p-1. The first-order valence-corrected chi connectivity index (χ1v) is 2.33. The van der Waals surface area contributed by atoms with Crippen LogP contribution in [0.5, 0.6) is 0 Å². The van der Waals surface area contributed by atoms with Crippen LogP contribution in [0.1, 0.15) is 0 Å². The van der Waals surface area contributed by atoms with Gasteiger partial charge in [-0.15, -0.1) is 0 Å². The molecule has 0 spiro atoms. The monoisotopic (exact) mass is 132 g/mol. The summed E-state index contributed by atoms with van der Waals surface area (Å²) in [4.78, 5) is 0. The van der Waals surface area contributed by atoms with Crippen LogP contribution in [0, 0.1) is 0 Å². The zero-order chi connectivity index (χ0) is 3.58. The van der Waals surface area contributed by atoms with Crippen molar-refractivity contribution in [3.05, 3.63) is 0 Å². The Labute approximate surface area is 74.3 Å². The molecule has 0 aromatic heterocycles. The van der Waals surface area contributed by atoms with Gasteiger partial charge in [0.05, 0.1) is 0 Å². The molecule has 0 aliphatic carbocycles. The summed E-state index contributed by atoms with van der Waals surface area (Å²) >= 11 is -3.69. The van der Waals surface area contributed by atoms with Gasteiger partial charge in [0.15, 0.2) is 0 Å². The van der Waals surface area contributed by atoms with Crippen LogP contribution < -0.4 is 0 Å². The molecule has 0 radical (unpaired) electrons. The van der Waals surface area contributed by atoms with Gasteiger partial charge in [-0.25, -0.2) is 0 Å². The quantitative estimate of drug-likeness (QED) is 0.384. The van der Waals surface area contributed by atoms with E-state index in [2.05, 4.69) is 0 Å². The van der Waals surface area contributed by atoms with Crippen LogP contribution in [-0.2, 0) is 22.7 Å². The molecule has 0 saturated heterocycles. The molecule has 28 valence electrons. The first-order chi connectivity index (χ1) is 1.73. The Morgan fingerprint density at radius 3 is 1.33 bits per heavy atom. The zero-order valence-corrected chi connectivity index (χ0v) is 3.11. The Hall–Kier alpha value is 1.74. The maximum absolute atomic E-state index is 8.67. The molecule has 0 rings (SSSR count). The van der Waals surface area contributed by atoms with Crippen molar-refractivity contribution < 1.29 is 26.8 Å². The van der Waals surface area contributed by atoms with Crippen molar-refractivity contribution in [1.29, 1.82) is 0 Å². The summed E-state index contributed by atoms with van der Waals surface area (Å²) in [6.07, 6.45) is 0. The molecule has 0 aliphatic rings. The van der Waals surface area contributed by atoms with Crippen molar-refractivity contribution in [1.82, 2.24) is 0 Å². The van der Waals surface area contributed by atoms with Crippen molar-refractivity contribution in [2.75, 3.05) is 0 Å². The molecule has 6 heteroatoms. The van der Waals surface area contributed by atoms with Gasteiger partial charge in [-0.3, -0.25) is 0 Å². The van der Waals surface area contributed by atoms with Crippen molar-refractivity contribution in [2.24, 2.45) is 0 Å².